The van der Waals surface area contributed by atoms with Gasteiger partial charge in [-0.15, -0.1) is 0 Å². The molecule has 2 heterocycles. The molecule has 0 spiro atoms. The molecule has 0 saturated carbocycles. The molecule has 0 aromatic carbocycles. The Hall–Kier alpha value is -2.36. The van der Waals surface area contributed by atoms with Crippen molar-refractivity contribution in [3.8, 4) is 0 Å². The highest BCUT2D eigenvalue weighted by molar-refractivity contribution is 6.00. The summed E-state index contributed by atoms with van der Waals surface area (Å²) >= 11 is 0. The van der Waals surface area contributed by atoms with E-state index in [2.05, 4.69) is 42.9 Å². The second-order valence-corrected chi connectivity index (χ2v) is 8.21. The van der Waals surface area contributed by atoms with E-state index < -0.39 is 0 Å². The van der Waals surface area contributed by atoms with Crippen molar-refractivity contribution in [1.82, 2.24) is 9.97 Å². The third kappa shape index (κ3) is 3.74. The molecular formula is C22H26N2O2. The molecule has 0 saturated heterocycles. The molecule has 0 fully saturated rings. The largest absolute Gasteiger partial charge is 0.292 e. The number of carbonyl (C=O) groups is 2. The van der Waals surface area contributed by atoms with Gasteiger partial charge in [-0.25, -0.2) is 4.98 Å². The first kappa shape index (κ1) is 18.4. The summed E-state index contributed by atoms with van der Waals surface area (Å²) in [5.41, 5.74) is 4.65. The van der Waals surface area contributed by atoms with Crippen LogP contribution in [0.2, 0.25) is 0 Å². The van der Waals surface area contributed by atoms with Crippen LogP contribution in [0.25, 0.3) is 0 Å². The Bertz CT molecular complexity index is 849. The molecule has 2 aromatic heterocycles. The van der Waals surface area contributed by atoms with E-state index in [4.69, 9.17) is 0 Å². The molecule has 2 aromatic rings. The molecule has 4 heteroatoms. The number of Topliss-reactive ketones (excluding diaryl/α,β-unsaturated/α-hetero) is 2. The van der Waals surface area contributed by atoms with E-state index >= 15 is 0 Å². The lowest BCUT2D eigenvalue weighted by Crippen LogP contribution is -2.19. The molecule has 2 aliphatic rings. The molecule has 2 aliphatic carbocycles. The number of aryl methyl sites for hydroxylation is 1. The predicted octanol–water partition coefficient (Wildman–Crippen LogP) is 4.35. The number of hydrogen-bond donors (Lipinski definition) is 0. The Balaban J connectivity index is 0.000000158. The maximum atomic E-state index is 11.7. The average Bonchev–Trinajstić information content (AvgIpc) is 2.89. The normalized spacial score (nSPS) is 18.7. The van der Waals surface area contributed by atoms with Gasteiger partial charge in [-0.2, -0.15) is 0 Å². The first-order valence-corrected chi connectivity index (χ1v) is 9.29. The lowest BCUT2D eigenvalue weighted by Gasteiger charge is -2.21. The first-order chi connectivity index (χ1) is 12.3. The van der Waals surface area contributed by atoms with Gasteiger partial charge in [-0.1, -0.05) is 39.8 Å². The van der Waals surface area contributed by atoms with Gasteiger partial charge in [-0.3, -0.25) is 14.6 Å². The van der Waals surface area contributed by atoms with Crippen molar-refractivity contribution in [3.05, 3.63) is 58.7 Å². The van der Waals surface area contributed by atoms with E-state index in [1.807, 2.05) is 19.1 Å². The maximum absolute atomic E-state index is 11.7. The minimum Gasteiger partial charge on any atom is -0.292 e. The van der Waals surface area contributed by atoms with Crippen molar-refractivity contribution >= 4 is 11.6 Å². The summed E-state index contributed by atoms with van der Waals surface area (Å²) in [5.74, 6) is 0.544. The molecule has 0 amide bonds. The minimum atomic E-state index is 0.0206. The van der Waals surface area contributed by atoms with Crippen molar-refractivity contribution in [2.24, 2.45) is 5.92 Å². The van der Waals surface area contributed by atoms with Crippen LogP contribution in [0.1, 0.15) is 78.3 Å². The van der Waals surface area contributed by atoms with E-state index in [0.29, 0.717) is 17.8 Å². The van der Waals surface area contributed by atoms with E-state index in [0.717, 1.165) is 36.1 Å². The molecule has 0 aliphatic heterocycles. The van der Waals surface area contributed by atoms with Crippen LogP contribution < -0.4 is 0 Å². The quantitative estimate of drug-likeness (QED) is 0.708. The average molecular weight is 350 g/mol. The van der Waals surface area contributed by atoms with Gasteiger partial charge in [0.05, 0.1) is 0 Å². The second kappa shape index (κ2) is 7.10. The zero-order valence-corrected chi connectivity index (χ0v) is 16.0. The SMILES string of the molecule is CC(C)(C)c1ccc2c(n1)C(=O)CCC2.CC1Cc2cccnc2C1=O. The summed E-state index contributed by atoms with van der Waals surface area (Å²) in [7, 11) is 0. The molecule has 26 heavy (non-hydrogen) atoms. The Morgan fingerprint density at radius 3 is 2.46 bits per heavy atom. The van der Waals surface area contributed by atoms with Crippen LogP contribution in [0.5, 0.6) is 0 Å². The molecule has 0 N–H and O–H groups in total. The standard InChI is InChI=1S/C13H17NO.C9H9NO/c1-13(2,3)11-8-7-9-5-4-6-10(15)12(9)14-11;1-6-5-7-3-2-4-10-8(7)9(6)11/h7-8H,4-6H2,1-3H3;2-4,6H,5H2,1H3. The zero-order valence-electron chi connectivity index (χ0n) is 16.0. The van der Waals surface area contributed by atoms with Crippen LogP contribution in [0.15, 0.2) is 30.5 Å². The molecule has 1 unspecified atom stereocenters. The molecule has 1 atom stereocenters. The molecular weight excluding hydrogens is 324 g/mol. The molecule has 4 rings (SSSR count). The lowest BCUT2D eigenvalue weighted by atomic mass is 9.88. The molecule has 0 radical (unpaired) electrons. The second-order valence-electron chi connectivity index (χ2n) is 8.21. The number of pyridine rings is 2. The molecule has 4 nitrogen and oxygen atoms in total. The Morgan fingerprint density at radius 2 is 1.77 bits per heavy atom. The number of carbonyl (C=O) groups excluding carboxylic acids is 2. The smallest absolute Gasteiger partial charge is 0.184 e. The lowest BCUT2D eigenvalue weighted by molar-refractivity contribution is 0.0940. The summed E-state index contributed by atoms with van der Waals surface area (Å²) in [6.45, 7) is 8.31. The van der Waals surface area contributed by atoms with Crippen LogP contribution in [0.3, 0.4) is 0 Å². The highest BCUT2D eigenvalue weighted by Crippen LogP contribution is 2.25. The van der Waals surface area contributed by atoms with Crippen molar-refractivity contribution in [3.63, 3.8) is 0 Å². The summed E-state index contributed by atoms with van der Waals surface area (Å²) in [6.07, 6.45) is 5.17. The number of hydrogen-bond acceptors (Lipinski definition) is 4. The summed E-state index contributed by atoms with van der Waals surface area (Å²) in [4.78, 5) is 31.6. The number of ketones is 2. The van der Waals surface area contributed by atoms with E-state index in [1.165, 1.54) is 0 Å². The third-order valence-electron chi connectivity index (χ3n) is 4.96. The maximum Gasteiger partial charge on any atom is 0.184 e. The predicted molar refractivity (Wildman–Crippen MR) is 102 cm³/mol. The van der Waals surface area contributed by atoms with Crippen molar-refractivity contribution in [1.29, 1.82) is 0 Å². The van der Waals surface area contributed by atoms with Gasteiger partial charge in [0.25, 0.3) is 0 Å². The Labute approximate surface area is 155 Å². The van der Waals surface area contributed by atoms with Gasteiger partial charge in [0.15, 0.2) is 11.6 Å². The summed E-state index contributed by atoms with van der Waals surface area (Å²) < 4.78 is 0. The number of rotatable bonds is 0. The van der Waals surface area contributed by atoms with Gasteiger partial charge in [-0.05, 0) is 42.5 Å². The Morgan fingerprint density at radius 1 is 1.00 bits per heavy atom. The van der Waals surface area contributed by atoms with E-state index in [-0.39, 0.29) is 22.9 Å². The van der Waals surface area contributed by atoms with Crippen LogP contribution in [-0.4, -0.2) is 21.5 Å². The van der Waals surface area contributed by atoms with Crippen LogP contribution in [-0.2, 0) is 18.3 Å². The number of nitrogens with zero attached hydrogens (tertiary/aromatic N) is 2. The van der Waals surface area contributed by atoms with E-state index in [1.54, 1.807) is 6.20 Å². The van der Waals surface area contributed by atoms with Crippen molar-refractivity contribution in [2.45, 2.75) is 58.8 Å². The van der Waals surface area contributed by atoms with Gasteiger partial charge in [0.1, 0.15) is 11.4 Å². The van der Waals surface area contributed by atoms with Crippen molar-refractivity contribution in [2.75, 3.05) is 0 Å². The van der Waals surface area contributed by atoms with E-state index in [9.17, 15) is 9.59 Å². The fourth-order valence-electron chi connectivity index (χ4n) is 3.39. The highest BCUT2D eigenvalue weighted by Gasteiger charge is 2.27. The highest BCUT2D eigenvalue weighted by atomic mass is 16.1. The minimum absolute atomic E-state index is 0.0206. The number of fused-ring (bicyclic) bond motifs is 2. The molecule has 0 bridgehead atoms. The van der Waals surface area contributed by atoms with Gasteiger partial charge in [0.2, 0.25) is 0 Å². The Kier molecular flexibility index (Phi) is 5.03. The van der Waals surface area contributed by atoms with Crippen molar-refractivity contribution < 1.29 is 9.59 Å². The van der Waals surface area contributed by atoms with Crippen LogP contribution in [0, 0.1) is 5.92 Å². The molecule has 136 valence electrons. The van der Waals surface area contributed by atoms with Gasteiger partial charge in [0, 0.05) is 29.6 Å². The van der Waals surface area contributed by atoms with Gasteiger partial charge < -0.3 is 0 Å². The zero-order chi connectivity index (χ0) is 18.9. The monoisotopic (exact) mass is 350 g/mol. The number of aromatic nitrogens is 2. The van der Waals surface area contributed by atoms with Gasteiger partial charge >= 0.3 is 0 Å². The fourth-order valence-corrected chi connectivity index (χ4v) is 3.39. The fraction of sp³-hybridized carbons (Fsp3) is 0.455. The van der Waals surface area contributed by atoms with Crippen LogP contribution >= 0.6 is 0 Å². The summed E-state index contributed by atoms with van der Waals surface area (Å²) in [6, 6.07) is 7.98. The van der Waals surface area contributed by atoms with Crippen LogP contribution in [0.4, 0.5) is 0 Å². The first-order valence-electron chi connectivity index (χ1n) is 9.29. The summed E-state index contributed by atoms with van der Waals surface area (Å²) in [5, 5.41) is 0. The third-order valence-corrected chi connectivity index (χ3v) is 4.96. The topological polar surface area (TPSA) is 59.9 Å².